The maximum atomic E-state index is 13.9. The molecule has 0 spiro atoms. The molecule has 0 bridgehead atoms. The van der Waals surface area contributed by atoms with Crippen LogP contribution in [-0.4, -0.2) is 15.8 Å². The van der Waals surface area contributed by atoms with Crippen LogP contribution in [0.3, 0.4) is 0 Å². The van der Waals surface area contributed by atoms with Crippen molar-refractivity contribution in [3.63, 3.8) is 0 Å². The number of aryl methyl sites for hydroxylation is 1. The molecule has 0 aliphatic heterocycles. The third kappa shape index (κ3) is 3.14. The fraction of sp³-hybridized carbons (Fsp3) is 0.0769. The highest BCUT2D eigenvalue weighted by Crippen LogP contribution is 2.25. The Hall–Kier alpha value is -2.54. The number of hydrogen-bond acceptors (Lipinski definition) is 4. The molecule has 1 aromatic carbocycles. The fourth-order valence-electron chi connectivity index (χ4n) is 1.66. The second-order valence-corrected chi connectivity index (χ2v) is 4.54. The maximum Gasteiger partial charge on any atom is 0.311 e. The van der Waals surface area contributed by atoms with E-state index in [0.29, 0.717) is 0 Å². The van der Waals surface area contributed by atoms with Crippen molar-refractivity contribution in [2.75, 3.05) is 5.32 Å². The van der Waals surface area contributed by atoms with Gasteiger partial charge in [-0.25, -0.2) is 9.37 Å². The van der Waals surface area contributed by atoms with Gasteiger partial charge in [-0.2, -0.15) is 0 Å². The summed E-state index contributed by atoms with van der Waals surface area (Å²) in [5, 5.41) is 13.0. The van der Waals surface area contributed by atoms with Crippen molar-refractivity contribution >= 4 is 29.0 Å². The Morgan fingerprint density at radius 1 is 1.38 bits per heavy atom. The molecule has 21 heavy (non-hydrogen) atoms. The molecular weight excluding hydrogens is 301 g/mol. The van der Waals surface area contributed by atoms with Gasteiger partial charge in [-0.3, -0.25) is 14.9 Å². The largest absolute Gasteiger partial charge is 0.311 e. The molecule has 108 valence electrons. The zero-order chi connectivity index (χ0) is 15.6. The summed E-state index contributed by atoms with van der Waals surface area (Å²) in [7, 11) is 0. The van der Waals surface area contributed by atoms with Gasteiger partial charge in [-0.15, -0.1) is 0 Å². The van der Waals surface area contributed by atoms with Crippen molar-refractivity contribution in [2.45, 2.75) is 6.92 Å². The van der Waals surface area contributed by atoms with Crippen molar-refractivity contribution in [2.24, 2.45) is 0 Å². The highest BCUT2D eigenvalue weighted by Gasteiger charge is 2.20. The first-order valence-electron chi connectivity index (χ1n) is 5.77. The average Bonchev–Trinajstić information content (AvgIpc) is 2.41. The molecule has 0 saturated carbocycles. The number of halogens is 2. The molecule has 0 radical (unpaired) electrons. The van der Waals surface area contributed by atoms with Crippen LogP contribution in [0.15, 0.2) is 30.3 Å². The van der Waals surface area contributed by atoms with Crippen LogP contribution in [-0.2, 0) is 0 Å². The molecule has 0 atom stereocenters. The summed E-state index contributed by atoms with van der Waals surface area (Å²) in [6, 6.07) is 6.62. The van der Waals surface area contributed by atoms with E-state index in [1.54, 1.807) is 0 Å². The number of anilines is 1. The molecule has 0 aliphatic carbocycles. The lowest BCUT2D eigenvalue weighted by Gasteiger charge is -2.07. The van der Waals surface area contributed by atoms with E-state index >= 15 is 0 Å². The first-order chi connectivity index (χ1) is 9.90. The van der Waals surface area contributed by atoms with Crippen LogP contribution < -0.4 is 5.32 Å². The number of amides is 1. The van der Waals surface area contributed by atoms with Gasteiger partial charge in [-0.05, 0) is 24.6 Å². The van der Waals surface area contributed by atoms with Crippen LogP contribution in [0.5, 0.6) is 0 Å². The molecule has 6 nitrogen and oxygen atoms in total. The molecule has 0 fully saturated rings. The van der Waals surface area contributed by atoms with Crippen molar-refractivity contribution in [3.05, 3.63) is 62.5 Å². The van der Waals surface area contributed by atoms with Crippen molar-refractivity contribution in [1.82, 2.24) is 4.98 Å². The van der Waals surface area contributed by atoms with Crippen LogP contribution in [0.4, 0.5) is 15.9 Å². The van der Waals surface area contributed by atoms with Crippen molar-refractivity contribution < 1.29 is 14.1 Å². The molecule has 0 saturated heterocycles. The molecule has 8 heteroatoms. The number of aromatic nitrogens is 1. The molecule has 1 aromatic heterocycles. The van der Waals surface area contributed by atoms with E-state index in [2.05, 4.69) is 10.3 Å². The second-order valence-electron chi connectivity index (χ2n) is 4.15. The molecule has 0 aliphatic rings. The molecule has 2 rings (SSSR count). The predicted molar refractivity (Wildman–Crippen MR) is 75.0 cm³/mol. The quantitative estimate of drug-likeness (QED) is 0.535. The molecule has 0 unspecified atom stereocenters. The third-order valence-corrected chi connectivity index (χ3v) is 2.92. The van der Waals surface area contributed by atoms with E-state index in [4.69, 9.17) is 11.6 Å². The minimum Gasteiger partial charge on any atom is -0.301 e. The highest BCUT2D eigenvalue weighted by molar-refractivity contribution is 6.29. The SMILES string of the molecule is Cc1cccc(C(=O)Nc2nc(Cl)ccc2[N+](=O)[O-])c1F. The summed E-state index contributed by atoms with van der Waals surface area (Å²) < 4.78 is 13.9. The predicted octanol–water partition coefficient (Wildman–Crippen LogP) is 3.34. The number of carbonyl (C=O) groups is 1. The first kappa shape index (κ1) is 14.9. The van der Waals surface area contributed by atoms with Gasteiger partial charge in [0, 0.05) is 6.07 Å². The number of nitrogens with one attached hydrogen (secondary N) is 1. The minimum absolute atomic E-state index is 0.0272. The second kappa shape index (κ2) is 5.84. The summed E-state index contributed by atoms with van der Waals surface area (Å²) in [4.78, 5) is 25.9. The molecule has 1 heterocycles. The van der Waals surface area contributed by atoms with E-state index < -0.39 is 22.3 Å². The number of pyridine rings is 1. The Labute approximate surface area is 123 Å². The van der Waals surface area contributed by atoms with Gasteiger partial charge in [0.1, 0.15) is 11.0 Å². The van der Waals surface area contributed by atoms with Crippen molar-refractivity contribution in [3.8, 4) is 0 Å². The van der Waals surface area contributed by atoms with Crippen LogP contribution in [0.25, 0.3) is 0 Å². The van der Waals surface area contributed by atoms with Crippen molar-refractivity contribution in [1.29, 1.82) is 0 Å². The van der Waals surface area contributed by atoms with E-state index in [1.807, 2.05) is 0 Å². The number of nitrogens with zero attached hydrogens (tertiary/aromatic N) is 2. The third-order valence-electron chi connectivity index (χ3n) is 2.71. The smallest absolute Gasteiger partial charge is 0.301 e. The van der Waals surface area contributed by atoms with E-state index in [0.717, 1.165) is 6.07 Å². The number of rotatable bonds is 3. The van der Waals surface area contributed by atoms with Crippen LogP contribution >= 0.6 is 11.6 Å². The topological polar surface area (TPSA) is 85.1 Å². The van der Waals surface area contributed by atoms with Crippen LogP contribution in [0, 0.1) is 22.9 Å². The Kier molecular flexibility index (Phi) is 4.13. The number of hydrogen-bond donors (Lipinski definition) is 1. The van der Waals surface area contributed by atoms with Gasteiger partial charge in [0.2, 0.25) is 5.82 Å². The fourth-order valence-corrected chi connectivity index (χ4v) is 1.81. The van der Waals surface area contributed by atoms with E-state index in [-0.39, 0.29) is 22.1 Å². The lowest BCUT2D eigenvalue weighted by molar-refractivity contribution is -0.384. The van der Waals surface area contributed by atoms with Crippen LogP contribution in [0.1, 0.15) is 15.9 Å². The highest BCUT2D eigenvalue weighted by atomic mass is 35.5. The minimum atomic E-state index is -0.839. The van der Waals surface area contributed by atoms with Gasteiger partial charge in [0.25, 0.3) is 5.91 Å². The standard InChI is InChI=1S/C13H9ClFN3O3/c1-7-3-2-4-8(11(7)15)13(19)17-12-9(18(20)21)5-6-10(14)16-12/h2-6H,1H3,(H,16,17,19). The molecule has 1 N–H and O–H groups in total. The van der Waals surface area contributed by atoms with Gasteiger partial charge in [0.05, 0.1) is 10.5 Å². The lowest BCUT2D eigenvalue weighted by atomic mass is 10.1. The number of benzene rings is 1. The summed E-state index contributed by atoms with van der Waals surface area (Å²) >= 11 is 5.65. The summed E-state index contributed by atoms with van der Waals surface area (Å²) in [5.74, 6) is -1.87. The van der Waals surface area contributed by atoms with E-state index in [9.17, 15) is 19.3 Å². The molecular formula is C13H9ClFN3O3. The van der Waals surface area contributed by atoms with Gasteiger partial charge >= 0.3 is 5.69 Å². The Balaban J connectivity index is 2.38. The summed E-state index contributed by atoms with van der Waals surface area (Å²) in [6.07, 6.45) is 0. The molecule has 2 aromatic rings. The monoisotopic (exact) mass is 309 g/mol. The van der Waals surface area contributed by atoms with E-state index in [1.165, 1.54) is 31.2 Å². The normalized spacial score (nSPS) is 10.2. The van der Waals surface area contributed by atoms with Crippen LogP contribution in [0.2, 0.25) is 5.15 Å². The Bertz CT molecular complexity index is 737. The Morgan fingerprint density at radius 2 is 2.10 bits per heavy atom. The number of nitro groups is 1. The Morgan fingerprint density at radius 3 is 2.76 bits per heavy atom. The zero-order valence-corrected chi connectivity index (χ0v) is 11.5. The van der Waals surface area contributed by atoms with Gasteiger partial charge < -0.3 is 5.32 Å². The van der Waals surface area contributed by atoms with Gasteiger partial charge in [-0.1, -0.05) is 23.7 Å². The average molecular weight is 310 g/mol. The summed E-state index contributed by atoms with van der Waals surface area (Å²) in [6.45, 7) is 1.51. The zero-order valence-electron chi connectivity index (χ0n) is 10.8. The summed E-state index contributed by atoms with van der Waals surface area (Å²) in [5.41, 5.74) is -0.372. The molecule has 1 amide bonds. The number of carbonyl (C=O) groups excluding carboxylic acids is 1. The lowest BCUT2D eigenvalue weighted by Crippen LogP contribution is -2.16. The first-order valence-corrected chi connectivity index (χ1v) is 6.15. The van der Waals surface area contributed by atoms with Gasteiger partial charge in [0.15, 0.2) is 0 Å². The maximum absolute atomic E-state index is 13.9.